The third-order valence-corrected chi connectivity index (χ3v) is 1.61. The minimum atomic E-state index is 0.687. The molecule has 0 aliphatic carbocycles. The summed E-state index contributed by atoms with van der Waals surface area (Å²) >= 11 is 5.88. The Morgan fingerprint density at radius 1 is 1.64 bits per heavy atom. The highest BCUT2D eigenvalue weighted by atomic mass is 35.5. The van der Waals surface area contributed by atoms with Gasteiger partial charge in [-0.2, -0.15) is 0 Å². The molecule has 0 saturated carbocycles. The molecule has 11 heavy (non-hydrogen) atoms. The van der Waals surface area contributed by atoms with Gasteiger partial charge in [0.05, 0.1) is 5.02 Å². The van der Waals surface area contributed by atoms with Crippen LogP contribution in [0.15, 0.2) is 12.3 Å². The molecular formula is C8H11ClN2. The largest absolute Gasteiger partial charge is 0.369 e. The molecular weight excluding hydrogens is 160 g/mol. The van der Waals surface area contributed by atoms with Gasteiger partial charge in [-0.25, -0.2) is 4.98 Å². The maximum absolute atomic E-state index is 5.88. The van der Waals surface area contributed by atoms with E-state index >= 15 is 0 Å². The van der Waals surface area contributed by atoms with Gasteiger partial charge in [-0.15, -0.1) is 0 Å². The maximum atomic E-state index is 5.88. The number of halogens is 1. The first-order chi connectivity index (χ1) is 5.24. The van der Waals surface area contributed by atoms with Crippen LogP contribution >= 0.6 is 11.6 Å². The van der Waals surface area contributed by atoms with E-state index in [-0.39, 0.29) is 0 Å². The van der Waals surface area contributed by atoms with Crippen LogP contribution in [0.25, 0.3) is 0 Å². The van der Waals surface area contributed by atoms with Crippen molar-refractivity contribution in [3.63, 3.8) is 0 Å². The maximum Gasteiger partial charge on any atom is 0.144 e. The number of hydrogen-bond donors (Lipinski definition) is 1. The Morgan fingerprint density at radius 2 is 2.36 bits per heavy atom. The predicted molar refractivity (Wildman–Crippen MR) is 48.1 cm³/mol. The fourth-order valence-corrected chi connectivity index (χ4v) is 1.12. The molecule has 1 aromatic heterocycles. The average molecular weight is 171 g/mol. The first-order valence-electron chi connectivity index (χ1n) is 3.60. The first-order valence-corrected chi connectivity index (χ1v) is 3.98. The van der Waals surface area contributed by atoms with E-state index in [9.17, 15) is 0 Å². The summed E-state index contributed by atoms with van der Waals surface area (Å²) in [6, 6.07) is 1.90. The Bertz CT molecular complexity index is 248. The molecule has 0 saturated heterocycles. The molecule has 1 rings (SSSR count). The second kappa shape index (κ2) is 3.58. The number of pyridine rings is 1. The number of hydrogen-bond acceptors (Lipinski definition) is 2. The van der Waals surface area contributed by atoms with Gasteiger partial charge in [0, 0.05) is 12.7 Å². The number of nitrogens with zero attached hydrogens (tertiary/aromatic N) is 1. The van der Waals surface area contributed by atoms with Crippen LogP contribution in [0.5, 0.6) is 0 Å². The Morgan fingerprint density at radius 3 is 2.91 bits per heavy atom. The Balaban J connectivity index is 2.90. The molecule has 3 heteroatoms. The minimum absolute atomic E-state index is 0.687. The first kappa shape index (κ1) is 8.34. The lowest BCUT2D eigenvalue weighted by Gasteiger charge is -2.03. The molecule has 0 unspecified atom stereocenters. The van der Waals surface area contributed by atoms with Crippen molar-refractivity contribution in [1.29, 1.82) is 0 Å². The number of rotatable bonds is 2. The van der Waals surface area contributed by atoms with Gasteiger partial charge in [0.2, 0.25) is 0 Å². The zero-order valence-corrected chi connectivity index (χ0v) is 7.44. The molecule has 0 aliphatic heterocycles. The molecule has 1 N–H and O–H groups in total. The molecule has 60 valence electrons. The van der Waals surface area contributed by atoms with Gasteiger partial charge < -0.3 is 5.32 Å². The number of anilines is 1. The van der Waals surface area contributed by atoms with E-state index in [4.69, 9.17) is 11.6 Å². The summed E-state index contributed by atoms with van der Waals surface area (Å²) in [5.41, 5.74) is 1.08. The lowest BCUT2D eigenvalue weighted by molar-refractivity contribution is 1.15. The summed E-state index contributed by atoms with van der Waals surface area (Å²) in [6.07, 6.45) is 1.80. The molecule has 0 radical (unpaired) electrons. The molecule has 2 nitrogen and oxygen atoms in total. The van der Waals surface area contributed by atoms with Gasteiger partial charge >= 0.3 is 0 Å². The standard InChI is InChI=1S/C8H11ClN2/c1-3-10-8-7(9)4-6(2)5-11-8/h4-5H,3H2,1-2H3,(H,10,11). The van der Waals surface area contributed by atoms with Crippen molar-refractivity contribution in [2.45, 2.75) is 13.8 Å². The van der Waals surface area contributed by atoms with Crippen molar-refractivity contribution < 1.29 is 0 Å². The summed E-state index contributed by atoms with van der Waals surface area (Å²) in [7, 11) is 0. The molecule has 0 aliphatic rings. The zero-order chi connectivity index (χ0) is 8.27. The minimum Gasteiger partial charge on any atom is -0.369 e. The second-order valence-corrected chi connectivity index (χ2v) is 2.78. The lowest BCUT2D eigenvalue weighted by atomic mass is 10.3. The Kier molecular flexibility index (Phi) is 2.71. The molecule has 0 spiro atoms. The summed E-state index contributed by atoms with van der Waals surface area (Å²) < 4.78 is 0. The topological polar surface area (TPSA) is 24.9 Å². The van der Waals surface area contributed by atoms with Crippen LogP contribution in [-0.4, -0.2) is 11.5 Å². The van der Waals surface area contributed by atoms with Gasteiger partial charge in [-0.3, -0.25) is 0 Å². The highest BCUT2D eigenvalue weighted by Gasteiger charge is 1.98. The van der Waals surface area contributed by atoms with Gasteiger partial charge in [-0.05, 0) is 25.5 Å². The van der Waals surface area contributed by atoms with Crippen LogP contribution in [0.2, 0.25) is 5.02 Å². The lowest BCUT2D eigenvalue weighted by Crippen LogP contribution is -1.99. The fourth-order valence-electron chi connectivity index (χ4n) is 0.831. The van der Waals surface area contributed by atoms with Crippen LogP contribution in [-0.2, 0) is 0 Å². The van der Waals surface area contributed by atoms with E-state index in [0.29, 0.717) is 5.02 Å². The zero-order valence-electron chi connectivity index (χ0n) is 6.69. The summed E-state index contributed by atoms with van der Waals surface area (Å²) in [4.78, 5) is 4.12. The molecule has 0 aromatic carbocycles. The average Bonchev–Trinajstić information content (AvgIpc) is 1.95. The van der Waals surface area contributed by atoms with Crippen molar-refractivity contribution in [1.82, 2.24) is 4.98 Å². The van der Waals surface area contributed by atoms with Crippen LogP contribution in [0.3, 0.4) is 0 Å². The third-order valence-electron chi connectivity index (χ3n) is 1.32. The van der Waals surface area contributed by atoms with Crippen LogP contribution < -0.4 is 5.32 Å². The van der Waals surface area contributed by atoms with E-state index in [1.165, 1.54) is 0 Å². The van der Waals surface area contributed by atoms with E-state index in [0.717, 1.165) is 17.9 Å². The second-order valence-electron chi connectivity index (χ2n) is 2.37. The number of aromatic nitrogens is 1. The third kappa shape index (κ3) is 2.09. The predicted octanol–water partition coefficient (Wildman–Crippen LogP) is 2.48. The Hall–Kier alpha value is -0.760. The highest BCUT2D eigenvalue weighted by Crippen LogP contribution is 2.18. The number of aryl methyl sites for hydroxylation is 1. The van der Waals surface area contributed by atoms with Crippen molar-refractivity contribution in [2.24, 2.45) is 0 Å². The summed E-state index contributed by atoms with van der Waals surface area (Å²) in [6.45, 7) is 4.82. The van der Waals surface area contributed by atoms with Gasteiger partial charge in [0.25, 0.3) is 0 Å². The normalized spacial score (nSPS) is 9.73. The van der Waals surface area contributed by atoms with Crippen molar-refractivity contribution in [2.75, 3.05) is 11.9 Å². The smallest absolute Gasteiger partial charge is 0.144 e. The monoisotopic (exact) mass is 170 g/mol. The molecule has 0 fully saturated rings. The van der Waals surface area contributed by atoms with Crippen LogP contribution in [0.1, 0.15) is 12.5 Å². The molecule has 0 amide bonds. The summed E-state index contributed by atoms with van der Waals surface area (Å²) in [5.74, 6) is 0.764. The van der Waals surface area contributed by atoms with Crippen molar-refractivity contribution in [3.05, 3.63) is 22.8 Å². The molecule has 0 bridgehead atoms. The van der Waals surface area contributed by atoms with E-state index < -0.39 is 0 Å². The van der Waals surface area contributed by atoms with Crippen LogP contribution in [0.4, 0.5) is 5.82 Å². The van der Waals surface area contributed by atoms with E-state index in [1.54, 1.807) is 6.20 Å². The molecule has 1 heterocycles. The highest BCUT2D eigenvalue weighted by molar-refractivity contribution is 6.32. The molecule has 0 atom stereocenters. The van der Waals surface area contributed by atoms with Gasteiger partial charge in [0.15, 0.2) is 0 Å². The summed E-state index contributed by atoms with van der Waals surface area (Å²) in [5, 5.41) is 3.75. The SMILES string of the molecule is CCNc1ncc(C)cc1Cl. The van der Waals surface area contributed by atoms with Gasteiger partial charge in [0.1, 0.15) is 5.82 Å². The van der Waals surface area contributed by atoms with Gasteiger partial charge in [-0.1, -0.05) is 11.6 Å². The molecule has 1 aromatic rings. The van der Waals surface area contributed by atoms with E-state index in [1.807, 2.05) is 19.9 Å². The van der Waals surface area contributed by atoms with E-state index in [2.05, 4.69) is 10.3 Å². The van der Waals surface area contributed by atoms with Crippen molar-refractivity contribution in [3.8, 4) is 0 Å². The Labute approximate surface area is 71.6 Å². The van der Waals surface area contributed by atoms with Crippen LogP contribution in [0, 0.1) is 6.92 Å². The quantitative estimate of drug-likeness (QED) is 0.738. The fraction of sp³-hybridized carbons (Fsp3) is 0.375. The van der Waals surface area contributed by atoms with Crippen molar-refractivity contribution >= 4 is 17.4 Å². The number of nitrogens with one attached hydrogen (secondary N) is 1.